The molecule has 16 heavy (non-hydrogen) atoms. The van der Waals surface area contributed by atoms with Gasteiger partial charge in [0.1, 0.15) is 0 Å². The molecule has 0 radical (unpaired) electrons. The first-order valence-corrected chi connectivity index (χ1v) is 6.53. The van der Waals surface area contributed by atoms with Gasteiger partial charge < -0.3 is 5.32 Å². The summed E-state index contributed by atoms with van der Waals surface area (Å²) in [7, 11) is 2.03. The van der Waals surface area contributed by atoms with Crippen LogP contribution in [0, 0.1) is 0 Å². The molecule has 1 atom stereocenters. The molecule has 0 aliphatic rings. The van der Waals surface area contributed by atoms with Crippen LogP contribution in [0.25, 0.3) is 0 Å². The number of benzene rings is 1. The van der Waals surface area contributed by atoms with E-state index in [1.807, 2.05) is 7.05 Å². The average molecular weight is 219 g/mol. The minimum Gasteiger partial charge on any atom is -0.319 e. The number of hydrogen-bond donors (Lipinski definition) is 1. The fourth-order valence-electron chi connectivity index (χ4n) is 2.32. The molecule has 0 fully saturated rings. The van der Waals surface area contributed by atoms with Gasteiger partial charge >= 0.3 is 0 Å². The van der Waals surface area contributed by atoms with Crippen LogP contribution in [0.3, 0.4) is 0 Å². The van der Waals surface area contributed by atoms with Crippen LogP contribution in [0.5, 0.6) is 0 Å². The monoisotopic (exact) mass is 219 g/mol. The lowest BCUT2D eigenvalue weighted by atomic mass is 9.91. The lowest BCUT2D eigenvalue weighted by Crippen LogP contribution is -2.16. The fourth-order valence-corrected chi connectivity index (χ4v) is 2.32. The molecule has 0 aliphatic heterocycles. The van der Waals surface area contributed by atoms with Crippen molar-refractivity contribution >= 4 is 0 Å². The van der Waals surface area contributed by atoms with Crippen molar-refractivity contribution in [1.82, 2.24) is 5.32 Å². The smallest absolute Gasteiger partial charge is 0.00170 e. The zero-order valence-electron chi connectivity index (χ0n) is 11.1. The molecule has 1 heteroatoms. The fraction of sp³-hybridized carbons (Fsp3) is 0.600. The molecular formula is C15H25N. The molecule has 0 bridgehead atoms. The molecule has 0 aromatic heterocycles. The molecule has 1 aromatic rings. The Morgan fingerprint density at radius 3 is 2.25 bits per heavy atom. The van der Waals surface area contributed by atoms with Gasteiger partial charge in [0, 0.05) is 6.54 Å². The van der Waals surface area contributed by atoms with E-state index < -0.39 is 0 Å². The molecule has 1 nitrogen and oxygen atoms in total. The zero-order chi connectivity index (χ0) is 12.0. The van der Waals surface area contributed by atoms with Crippen molar-refractivity contribution in [1.29, 1.82) is 0 Å². The van der Waals surface area contributed by atoms with Crippen molar-refractivity contribution in [3.05, 3.63) is 34.9 Å². The zero-order valence-corrected chi connectivity index (χ0v) is 11.1. The Balaban J connectivity index is 2.96. The lowest BCUT2D eigenvalue weighted by Gasteiger charge is -2.17. The Hall–Kier alpha value is -0.820. The van der Waals surface area contributed by atoms with Gasteiger partial charge in [0.2, 0.25) is 0 Å². The molecule has 0 saturated carbocycles. The molecule has 1 aromatic carbocycles. The van der Waals surface area contributed by atoms with Crippen molar-refractivity contribution < 1.29 is 0 Å². The molecule has 1 N–H and O–H groups in total. The van der Waals surface area contributed by atoms with Gasteiger partial charge in [-0.2, -0.15) is 0 Å². The Morgan fingerprint density at radius 1 is 1.06 bits per heavy atom. The van der Waals surface area contributed by atoms with E-state index in [0.29, 0.717) is 5.92 Å². The molecule has 0 heterocycles. The van der Waals surface area contributed by atoms with Crippen LogP contribution in [0.2, 0.25) is 0 Å². The van der Waals surface area contributed by atoms with Crippen LogP contribution in [-0.2, 0) is 12.8 Å². The molecule has 90 valence electrons. The van der Waals surface area contributed by atoms with E-state index >= 15 is 0 Å². The predicted octanol–water partition coefficient (Wildman–Crippen LogP) is 3.52. The number of nitrogens with one attached hydrogen (secondary N) is 1. The molecule has 1 unspecified atom stereocenters. The van der Waals surface area contributed by atoms with Crippen molar-refractivity contribution in [3.8, 4) is 0 Å². The number of aryl methyl sites for hydroxylation is 2. The Morgan fingerprint density at radius 2 is 1.75 bits per heavy atom. The summed E-state index contributed by atoms with van der Waals surface area (Å²) in [5.74, 6) is 0.654. The van der Waals surface area contributed by atoms with E-state index in [-0.39, 0.29) is 0 Å². The van der Waals surface area contributed by atoms with Crippen molar-refractivity contribution in [3.63, 3.8) is 0 Å². The van der Waals surface area contributed by atoms with Crippen LogP contribution in [0.1, 0.15) is 49.8 Å². The van der Waals surface area contributed by atoms with Crippen LogP contribution < -0.4 is 5.32 Å². The summed E-state index contributed by atoms with van der Waals surface area (Å²) in [6.45, 7) is 7.82. The number of rotatable bonds is 6. The van der Waals surface area contributed by atoms with E-state index in [1.54, 1.807) is 0 Å². The van der Waals surface area contributed by atoms with Crippen LogP contribution in [0.15, 0.2) is 18.2 Å². The van der Waals surface area contributed by atoms with E-state index in [2.05, 4.69) is 44.3 Å². The third kappa shape index (κ3) is 3.08. The van der Waals surface area contributed by atoms with E-state index in [0.717, 1.165) is 19.4 Å². The van der Waals surface area contributed by atoms with Gasteiger partial charge in [-0.05, 0) is 48.9 Å². The summed E-state index contributed by atoms with van der Waals surface area (Å²) in [6.07, 6.45) is 3.49. The molecule has 0 saturated heterocycles. The summed E-state index contributed by atoms with van der Waals surface area (Å²) in [4.78, 5) is 0. The Kier molecular flexibility index (Phi) is 5.54. The topological polar surface area (TPSA) is 12.0 Å². The quantitative estimate of drug-likeness (QED) is 0.772. The normalized spacial score (nSPS) is 12.8. The highest BCUT2D eigenvalue weighted by atomic mass is 14.8. The maximum atomic E-state index is 3.28. The first kappa shape index (κ1) is 13.2. The molecule has 1 rings (SSSR count). The van der Waals surface area contributed by atoms with Crippen molar-refractivity contribution in [2.45, 2.75) is 46.0 Å². The van der Waals surface area contributed by atoms with Crippen LogP contribution in [0.4, 0.5) is 0 Å². The first-order chi connectivity index (χ1) is 7.76. The summed E-state index contributed by atoms with van der Waals surface area (Å²) in [6, 6.07) is 7.03. The Bertz CT molecular complexity index is 317. The van der Waals surface area contributed by atoms with Crippen molar-refractivity contribution in [2.24, 2.45) is 0 Å². The minimum atomic E-state index is 0.654. The summed E-state index contributed by atoms with van der Waals surface area (Å²) in [5, 5.41) is 3.28. The first-order valence-electron chi connectivity index (χ1n) is 6.53. The van der Waals surface area contributed by atoms with Gasteiger partial charge in [-0.1, -0.05) is 39.0 Å². The summed E-state index contributed by atoms with van der Waals surface area (Å²) >= 11 is 0. The standard InChI is InChI=1S/C15H25N/c1-5-12-8-9-15(10-13(12)6-2)14(7-3)11-16-4/h8-10,14,16H,5-7,11H2,1-4H3. The van der Waals surface area contributed by atoms with Crippen LogP contribution >= 0.6 is 0 Å². The van der Waals surface area contributed by atoms with E-state index in [1.165, 1.54) is 23.1 Å². The van der Waals surface area contributed by atoms with Gasteiger partial charge in [-0.3, -0.25) is 0 Å². The highest BCUT2D eigenvalue weighted by molar-refractivity contribution is 5.34. The van der Waals surface area contributed by atoms with Gasteiger partial charge in [0.05, 0.1) is 0 Å². The maximum Gasteiger partial charge on any atom is 0.00170 e. The second kappa shape index (κ2) is 6.70. The molecule has 0 aliphatic carbocycles. The van der Waals surface area contributed by atoms with E-state index in [4.69, 9.17) is 0 Å². The molecule has 0 spiro atoms. The minimum absolute atomic E-state index is 0.654. The van der Waals surface area contributed by atoms with Gasteiger partial charge in [0.15, 0.2) is 0 Å². The second-order valence-electron chi connectivity index (χ2n) is 4.40. The van der Waals surface area contributed by atoms with Gasteiger partial charge in [-0.25, -0.2) is 0 Å². The maximum absolute atomic E-state index is 3.28. The third-order valence-electron chi connectivity index (χ3n) is 3.41. The van der Waals surface area contributed by atoms with Crippen LogP contribution in [-0.4, -0.2) is 13.6 Å². The molecule has 0 amide bonds. The average Bonchev–Trinajstić information content (AvgIpc) is 2.35. The summed E-state index contributed by atoms with van der Waals surface area (Å²) in [5.41, 5.74) is 4.52. The third-order valence-corrected chi connectivity index (χ3v) is 3.41. The Labute approximate surface area is 100 Å². The van der Waals surface area contributed by atoms with Gasteiger partial charge in [0.25, 0.3) is 0 Å². The highest BCUT2D eigenvalue weighted by Gasteiger charge is 2.09. The van der Waals surface area contributed by atoms with Crippen molar-refractivity contribution in [2.75, 3.05) is 13.6 Å². The SMILES string of the molecule is CCc1ccc(C(CC)CNC)cc1CC. The largest absolute Gasteiger partial charge is 0.319 e. The summed E-state index contributed by atoms with van der Waals surface area (Å²) < 4.78 is 0. The predicted molar refractivity (Wildman–Crippen MR) is 72.2 cm³/mol. The van der Waals surface area contributed by atoms with E-state index in [9.17, 15) is 0 Å². The molecular weight excluding hydrogens is 194 g/mol. The highest BCUT2D eigenvalue weighted by Crippen LogP contribution is 2.22. The van der Waals surface area contributed by atoms with Gasteiger partial charge in [-0.15, -0.1) is 0 Å². The number of hydrogen-bond acceptors (Lipinski definition) is 1. The number of likely N-dealkylation sites (N-methyl/N-ethyl adjacent to an activating group) is 1. The second-order valence-corrected chi connectivity index (χ2v) is 4.40. The lowest BCUT2D eigenvalue weighted by molar-refractivity contribution is 0.611.